The molecule has 2 aromatic rings. The van der Waals surface area contributed by atoms with Gasteiger partial charge in [-0.15, -0.1) is 0 Å². The van der Waals surface area contributed by atoms with Gasteiger partial charge in [-0.05, 0) is 42.4 Å². The quantitative estimate of drug-likeness (QED) is 0.757. The summed E-state index contributed by atoms with van der Waals surface area (Å²) in [6, 6.07) is 8.50. The van der Waals surface area contributed by atoms with Crippen molar-refractivity contribution in [2.45, 2.75) is 40.0 Å². The molecular formula is C19H26N2S. The average molecular weight is 314 g/mol. The predicted molar refractivity (Wildman–Crippen MR) is 99.8 cm³/mol. The lowest BCUT2D eigenvalue weighted by Gasteiger charge is -2.19. The molecule has 0 amide bonds. The van der Waals surface area contributed by atoms with Gasteiger partial charge in [-0.2, -0.15) is 0 Å². The van der Waals surface area contributed by atoms with E-state index in [2.05, 4.69) is 69.7 Å². The van der Waals surface area contributed by atoms with Crippen molar-refractivity contribution in [3.05, 3.63) is 53.3 Å². The number of rotatable bonds is 5. The first-order chi connectivity index (χ1) is 10.4. The Morgan fingerprint density at radius 3 is 2.45 bits per heavy atom. The number of anilines is 1. The molecule has 2 rings (SSSR count). The molecule has 1 aromatic heterocycles. The van der Waals surface area contributed by atoms with Crippen molar-refractivity contribution in [3.63, 3.8) is 0 Å². The fraction of sp³-hybridized carbons (Fsp3) is 0.421. The van der Waals surface area contributed by atoms with E-state index in [1.54, 1.807) is 0 Å². The van der Waals surface area contributed by atoms with Crippen molar-refractivity contribution >= 4 is 22.9 Å². The molecule has 2 nitrogen and oxygen atoms in total. The summed E-state index contributed by atoms with van der Waals surface area (Å²) in [6.07, 6.45) is 5.34. The number of benzene rings is 1. The Balaban J connectivity index is 2.23. The molecule has 1 atom stereocenters. The smallest absolute Gasteiger partial charge is 0.112 e. The Morgan fingerprint density at radius 1 is 1.18 bits per heavy atom. The molecule has 118 valence electrons. The first-order valence-electron chi connectivity index (χ1n) is 7.91. The highest BCUT2D eigenvalue weighted by atomic mass is 32.1. The van der Waals surface area contributed by atoms with E-state index < -0.39 is 0 Å². The van der Waals surface area contributed by atoms with Crippen LogP contribution in [0.4, 0.5) is 5.69 Å². The van der Waals surface area contributed by atoms with Crippen LogP contribution in [-0.2, 0) is 7.05 Å². The van der Waals surface area contributed by atoms with Gasteiger partial charge in [0.1, 0.15) is 4.99 Å². The highest BCUT2D eigenvalue weighted by Crippen LogP contribution is 2.29. The van der Waals surface area contributed by atoms with Gasteiger partial charge < -0.3 is 9.88 Å². The fourth-order valence-corrected chi connectivity index (χ4v) is 3.34. The molecule has 0 aliphatic heterocycles. The molecule has 0 spiro atoms. The van der Waals surface area contributed by atoms with E-state index in [0.717, 1.165) is 16.2 Å². The van der Waals surface area contributed by atoms with Gasteiger partial charge in [0.15, 0.2) is 0 Å². The molecule has 0 aliphatic rings. The summed E-state index contributed by atoms with van der Waals surface area (Å²) < 4.78 is 2.05. The largest absolute Gasteiger partial charge is 0.356 e. The normalized spacial score (nSPS) is 12.5. The molecule has 1 N–H and O–H groups in total. The van der Waals surface area contributed by atoms with Crippen molar-refractivity contribution in [1.29, 1.82) is 0 Å². The van der Waals surface area contributed by atoms with Crippen molar-refractivity contribution in [2.75, 3.05) is 5.32 Å². The Labute approximate surface area is 139 Å². The van der Waals surface area contributed by atoms with E-state index >= 15 is 0 Å². The van der Waals surface area contributed by atoms with Crippen LogP contribution in [-0.4, -0.2) is 9.56 Å². The maximum Gasteiger partial charge on any atom is 0.112 e. The van der Waals surface area contributed by atoms with Crippen molar-refractivity contribution in [1.82, 2.24) is 4.57 Å². The van der Waals surface area contributed by atoms with Crippen LogP contribution in [0.2, 0.25) is 0 Å². The van der Waals surface area contributed by atoms with Crippen LogP contribution in [0.15, 0.2) is 36.7 Å². The number of para-hydroxylation sites is 1. The van der Waals surface area contributed by atoms with Crippen molar-refractivity contribution in [2.24, 2.45) is 13.0 Å². The van der Waals surface area contributed by atoms with Gasteiger partial charge in [0.05, 0.1) is 0 Å². The molecule has 0 saturated heterocycles. The minimum atomic E-state index is 0.517. The van der Waals surface area contributed by atoms with Gasteiger partial charge in [-0.3, -0.25) is 0 Å². The predicted octanol–water partition coefficient (Wildman–Crippen LogP) is 5.27. The van der Waals surface area contributed by atoms with Crippen LogP contribution in [0.1, 0.15) is 49.8 Å². The molecular weight excluding hydrogens is 288 g/mol. The number of hydrogen-bond acceptors (Lipinski definition) is 1. The number of nitrogens with zero attached hydrogens (tertiary/aromatic N) is 1. The molecule has 0 aliphatic carbocycles. The summed E-state index contributed by atoms with van der Waals surface area (Å²) in [6.45, 7) is 8.92. The second kappa shape index (κ2) is 7.10. The Hall–Kier alpha value is -1.61. The lowest BCUT2D eigenvalue weighted by atomic mass is 9.91. The van der Waals surface area contributed by atoms with E-state index in [4.69, 9.17) is 12.2 Å². The highest BCUT2D eigenvalue weighted by Gasteiger charge is 2.14. The van der Waals surface area contributed by atoms with Gasteiger partial charge in [0, 0.05) is 30.7 Å². The van der Waals surface area contributed by atoms with Crippen LogP contribution in [0.3, 0.4) is 0 Å². The van der Waals surface area contributed by atoms with Crippen LogP contribution in [0.5, 0.6) is 0 Å². The SMILES string of the molecule is Cc1cn(C)cc1C(=S)Nc1ccccc1C(C)CC(C)C. The molecule has 1 unspecified atom stereocenters. The van der Waals surface area contributed by atoms with Crippen molar-refractivity contribution < 1.29 is 0 Å². The first-order valence-corrected chi connectivity index (χ1v) is 8.32. The van der Waals surface area contributed by atoms with E-state index in [9.17, 15) is 0 Å². The van der Waals surface area contributed by atoms with Crippen LogP contribution in [0, 0.1) is 12.8 Å². The van der Waals surface area contributed by atoms with Gasteiger partial charge >= 0.3 is 0 Å². The monoisotopic (exact) mass is 314 g/mol. The zero-order valence-electron chi connectivity index (χ0n) is 14.2. The van der Waals surface area contributed by atoms with Crippen LogP contribution >= 0.6 is 12.2 Å². The molecule has 3 heteroatoms. The zero-order chi connectivity index (χ0) is 16.3. The van der Waals surface area contributed by atoms with E-state index in [-0.39, 0.29) is 0 Å². The molecule has 22 heavy (non-hydrogen) atoms. The van der Waals surface area contributed by atoms with Gasteiger partial charge in [-0.25, -0.2) is 0 Å². The van der Waals surface area contributed by atoms with E-state index in [1.807, 2.05) is 11.6 Å². The summed E-state index contributed by atoms with van der Waals surface area (Å²) >= 11 is 5.61. The fourth-order valence-electron chi connectivity index (χ4n) is 3.02. The summed E-state index contributed by atoms with van der Waals surface area (Å²) in [5, 5.41) is 3.45. The summed E-state index contributed by atoms with van der Waals surface area (Å²) in [4.78, 5) is 0.794. The second-order valence-corrected chi connectivity index (χ2v) is 7.00. The number of nitrogens with one attached hydrogen (secondary N) is 1. The summed E-state index contributed by atoms with van der Waals surface area (Å²) in [7, 11) is 2.03. The maximum absolute atomic E-state index is 5.61. The number of hydrogen-bond donors (Lipinski definition) is 1. The summed E-state index contributed by atoms with van der Waals surface area (Å²) in [5.41, 5.74) is 4.77. The van der Waals surface area contributed by atoms with E-state index in [1.165, 1.54) is 17.5 Å². The first kappa shape index (κ1) is 16.8. The molecule has 0 radical (unpaired) electrons. The lowest BCUT2D eigenvalue weighted by molar-refractivity contribution is 0.524. The highest BCUT2D eigenvalue weighted by molar-refractivity contribution is 7.81. The maximum atomic E-state index is 5.61. The van der Waals surface area contributed by atoms with Crippen LogP contribution < -0.4 is 5.32 Å². The third-order valence-corrected chi connectivity index (χ3v) is 4.29. The summed E-state index contributed by atoms with van der Waals surface area (Å²) in [5.74, 6) is 1.20. The Bertz CT molecular complexity index is 655. The Kier molecular flexibility index (Phi) is 5.41. The number of aryl methyl sites for hydroxylation is 2. The second-order valence-electron chi connectivity index (χ2n) is 6.59. The standard InChI is InChI=1S/C19H26N2S/c1-13(2)10-14(3)16-8-6-7-9-18(16)20-19(22)17-12-21(5)11-15(17)4/h6-9,11-14H,10H2,1-5H3,(H,20,22). The van der Waals surface area contributed by atoms with Crippen LogP contribution in [0.25, 0.3) is 0 Å². The average Bonchev–Trinajstić information content (AvgIpc) is 2.77. The minimum Gasteiger partial charge on any atom is -0.356 e. The van der Waals surface area contributed by atoms with Gasteiger partial charge in [0.2, 0.25) is 0 Å². The molecule has 1 heterocycles. The number of thiocarbonyl (C=S) groups is 1. The van der Waals surface area contributed by atoms with Crippen molar-refractivity contribution in [3.8, 4) is 0 Å². The zero-order valence-corrected chi connectivity index (χ0v) is 15.0. The van der Waals surface area contributed by atoms with Gasteiger partial charge in [-0.1, -0.05) is 51.2 Å². The lowest BCUT2D eigenvalue weighted by Crippen LogP contribution is -2.13. The van der Waals surface area contributed by atoms with Gasteiger partial charge in [0.25, 0.3) is 0 Å². The number of aromatic nitrogens is 1. The molecule has 0 saturated carbocycles. The Morgan fingerprint density at radius 2 is 1.86 bits per heavy atom. The third-order valence-electron chi connectivity index (χ3n) is 3.96. The molecule has 0 fully saturated rings. The molecule has 0 bridgehead atoms. The van der Waals surface area contributed by atoms with E-state index in [0.29, 0.717) is 11.8 Å². The third kappa shape index (κ3) is 3.98. The minimum absolute atomic E-state index is 0.517. The topological polar surface area (TPSA) is 17.0 Å². The molecule has 1 aromatic carbocycles.